The zero-order valence-corrected chi connectivity index (χ0v) is 17.5. The smallest absolute Gasteiger partial charge is 0.191 e. The lowest BCUT2D eigenvalue weighted by atomic mass is 10.1. The third-order valence-corrected chi connectivity index (χ3v) is 3.70. The van der Waals surface area contributed by atoms with E-state index < -0.39 is 0 Å². The quantitative estimate of drug-likeness (QED) is 0.248. The molecule has 0 amide bonds. The lowest BCUT2D eigenvalue weighted by Crippen LogP contribution is -2.37. The van der Waals surface area contributed by atoms with Gasteiger partial charge >= 0.3 is 0 Å². The van der Waals surface area contributed by atoms with Gasteiger partial charge < -0.3 is 15.5 Å². The van der Waals surface area contributed by atoms with Crippen LogP contribution in [0, 0.1) is 5.82 Å². The van der Waals surface area contributed by atoms with Crippen LogP contribution in [0.3, 0.4) is 0 Å². The van der Waals surface area contributed by atoms with Crippen LogP contribution in [0.4, 0.5) is 4.39 Å². The minimum absolute atomic E-state index is 0. The number of hydrogen-bond donors (Lipinski definition) is 2. The average Bonchev–Trinajstić information content (AvgIpc) is 2.54. The molecule has 24 heavy (non-hydrogen) atoms. The van der Waals surface area contributed by atoms with Crippen molar-refractivity contribution in [3.63, 3.8) is 0 Å². The monoisotopic (exact) mass is 450 g/mol. The number of aliphatic imine (C=N–C) groups is 1. The van der Waals surface area contributed by atoms with Gasteiger partial charge in [0.25, 0.3) is 0 Å². The Bertz CT molecular complexity index is 466. The summed E-state index contributed by atoms with van der Waals surface area (Å²) in [6, 6.07) is 6.80. The summed E-state index contributed by atoms with van der Waals surface area (Å²) in [7, 11) is 5.96. The topological polar surface area (TPSA) is 39.7 Å². The van der Waals surface area contributed by atoms with Gasteiger partial charge in [0, 0.05) is 25.7 Å². The highest BCUT2D eigenvalue weighted by Crippen LogP contribution is 2.05. The largest absolute Gasteiger partial charge is 0.356 e. The molecular weight excluding hydrogens is 418 g/mol. The van der Waals surface area contributed by atoms with E-state index in [0.717, 1.165) is 18.9 Å². The van der Waals surface area contributed by atoms with Crippen LogP contribution in [-0.2, 0) is 6.54 Å². The number of hydrogen-bond acceptors (Lipinski definition) is 2. The maximum Gasteiger partial charge on any atom is 0.191 e. The van der Waals surface area contributed by atoms with Crippen molar-refractivity contribution < 1.29 is 4.39 Å². The van der Waals surface area contributed by atoms with Crippen molar-refractivity contribution in [2.45, 2.75) is 38.6 Å². The van der Waals surface area contributed by atoms with Crippen LogP contribution < -0.4 is 10.6 Å². The summed E-state index contributed by atoms with van der Waals surface area (Å²) in [6.45, 7) is 2.51. The minimum atomic E-state index is -0.187. The Morgan fingerprint density at radius 2 is 1.71 bits per heavy atom. The molecule has 0 aliphatic heterocycles. The van der Waals surface area contributed by atoms with E-state index in [1.807, 2.05) is 6.07 Å². The number of nitrogens with one attached hydrogen (secondary N) is 2. The Hall–Kier alpha value is -0.890. The number of rotatable bonds is 10. The number of guanidine groups is 1. The molecule has 0 radical (unpaired) electrons. The van der Waals surface area contributed by atoms with Crippen LogP contribution in [0.25, 0.3) is 0 Å². The normalized spacial score (nSPS) is 11.3. The van der Waals surface area contributed by atoms with Gasteiger partial charge in [0.05, 0.1) is 0 Å². The van der Waals surface area contributed by atoms with E-state index in [9.17, 15) is 4.39 Å². The highest BCUT2D eigenvalue weighted by atomic mass is 127. The molecule has 0 aromatic heterocycles. The minimum Gasteiger partial charge on any atom is -0.356 e. The van der Waals surface area contributed by atoms with Gasteiger partial charge in [0.15, 0.2) is 5.96 Å². The molecule has 0 saturated heterocycles. The number of nitrogens with zero attached hydrogens (tertiary/aromatic N) is 2. The predicted octanol–water partition coefficient (Wildman–Crippen LogP) is 3.62. The molecule has 0 bridgehead atoms. The molecule has 0 atom stereocenters. The molecule has 0 spiro atoms. The van der Waals surface area contributed by atoms with Gasteiger partial charge in [-0.1, -0.05) is 37.5 Å². The Balaban J connectivity index is 0.00000529. The van der Waals surface area contributed by atoms with E-state index in [1.165, 1.54) is 38.3 Å². The summed E-state index contributed by atoms with van der Waals surface area (Å²) in [5.41, 5.74) is 0.649. The van der Waals surface area contributed by atoms with Crippen molar-refractivity contribution in [1.29, 1.82) is 0 Å². The molecule has 1 aromatic rings. The van der Waals surface area contributed by atoms with E-state index in [2.05, 4.69) is 34.6 Å². The SMILES string of the molecule is CN=C(NCCCCCCCN(C)C)NCc1ccccc1F.I. The van der Waals surface area contributed by atoms with Gasteiger partial charge in [-0.15, -0.1) is 24.0 Å². The van der Waals surface area contributed by atoms with Gasteiger partial charge in [-0.2, -0.15) is 0 Å². The first-order valence-electron chi connectivity index (χ1n) is 8.46. The molecule has 0 fully saturated rings. The second-order valence-electron chi connectivity index (χ2n) is 6.01. The molecule has 0 saturated carbocycles. The molecule has 138 valence electrons. The molecule has 2 N–H and O–H groups in total. The summed E-state index contributed by atoms with van der Waals surface area (Å²) in [6.07, 6.45) is 6.19. The van der Waals surface area contributed by atoms with Crippen LogP contribution in [0.15, 0.2) is 29.3 Å². The summed E-state index contributed by atoms with van der Waals surface area (Å²) in [5.74, 6) is 0.536. The summed E-state index contributed by atoms with van der Waals surface area (Å²) in [4.78, 5) is 6.39. The lowest BCUT2D eigenvalue weighted by molar-refractivity contribution is 0.389. The van der Waals surface area contributed by atoms with Gasteiger partial charge in [-0.05, 0) is 39.5 Å². The van der Waals surface area contributed by atoms with Crippen LogP contribution in [0.2, 0.25) is 0 Å². The highest BCUT2D eigenvalue weighted by molar-refractivity contribution is 14.0. The van der Waals surface area contributed by atoms with Crippen LogP contribution in [-0.4, -0.2) is 45.1 Å². The first-order chi connectivity index (χ1) is 11.1. The second-order valence-corrected chi connectivity index (χ2v) is 6.01. The third kappa shape index (κ3) is 10.8. The number of unbranched alkanes of at least 4 members (excludes halogenated alkanes) is 4. The number of halogens is 2. The Morgan fingerprint density at radius 3 is 2.38 bits per heavy atom. The van der Waals surface area contributed by atoms with E-state index in [4.69, 9.17) is 0 Å². The van der Waals surface area contributed by atoms with Crippen molar-refractivity contribution in [2.24, 2.45) is 4.99 Å². The molecule has 1 rings (SSSR count). The zero-order valence-electron chi connectivity index (χ0n) is 15.1. The van der Waals surface area contributed by atoms with Gasteiger partial charge in [0.2, 0.25) is 0 Å². The standard InChI is InChI=1S/C18H31FN4.HI/c1-20-18(22-15-16-11-7-8-12-17(16)19)21-13-9-5-4-6-10-14-23(2)3;/h7-8,11-12H,4-6,9-10,13-15H2,1-3H3,(H2,20,21,22);1H. The van der Waals surface area contributed by atoms with Gasteiger partial charge in [0.1, 0.15) is 5.82 Å². The predicted molar refractivity (Wildman–Crippen MR) is 112 cm³/mol. The highest BCUT2D eigenvalue weighted by Gasteiger charge is 2.02. The van der Waals surface area contributed by atoms with Crippen molar-refractivity contribution in [1.82, 2.24) is 15.5 Å². The first-order valence-corrected chi connectivity index (χ1v) is 8.46. The van der Waals surface area contributed by atoms with Crippen molar-refractivity contribution in [3.05, 3.63) is 35.6 Å². The molecule has 0 unspecified atom stereocenters. The van der Waals surface area contributed by atoms with Crippen LogP contribution in [0.5, 0.6) is 0 Å². The fraction of sp³-hybridized carbons (Fsp3) is 0.611. The van der Waals surface area contributed by atoms with E-state index in [-0.39, 0.29) is 29.8 Å². The molecule has 6 heteroatoms. The fourth-order valence-electron chi connectivity index (χ4n) is 2.33. The molecule has 0 aliphatic carbocycles. The Morgan fingerprint density at radius 1 is 1.04 bits per heavy atom. The van der Waals surface area contributed by atoms with Crippen LogP contribution >= 0.6 is 24.0 Å². The second kappa shape index (κ2) is 14.5. The van der Waals surface area contributed by atoms with E-state index in [0.29, 0.717) is 12.1 Å². The average molecular weight is 450 g/mol. The molecule has 0 aliphatic rings. The number of benzene rings is 1. The maximum atomic E-state index is 13.5. The molecular formula is C18H32FIN4. The third-order valence-electron chi connectivity index (χ3n) is 3.70. The zero-order chi connectivity index (χ0) is 16.9. The maximum absolute atomic E-state index is 13.5. The Kier molecular flexibility index (Phi) is 13.9. The lowest BCUT2D eigenvalue weighted by Gasteiger charge is -2.12. The molecule has 0 heterocycles. The van der Waals surface area contributed by atoms with Crippen molar-refractivity contribution in [3.8, 4) is 0 Å². The fourth-order valence-corrected chi connectivity index (χ4v) is 2.33. The van der Waals surface area contributed by atoms with Gasteiger partial charge in [-0.25, -0.2) is 4.39 Å². The summed E-state index contributed by atoms with van der Waals surface area (Å²) < 4.78 is 13.5. The van der Waals surface area contributed by atoms with Gasteiger partial charge in [-0.3, -0.25) is 4.99 Å². The van der Waals surface area contributed by atoms with Crippen LogP contribution in [0.1, 0.15) is 37.7 Å². The Labute approximate surface area is 163 Å². The van der Waals surface area contributed by atoms with E-state index >= 15 is 0 Å². The van der Waals surface area contributed by atoms with Crippen molar-refractivity contribution in [2.75, 3.05) is 34.2 Å². The van der Waals surface area contributed by atoms with E-state index in [1.54, 1.807) is 19.2 Å². The molecule has 4 nitrogen and oxygen atoms in total. The van der Waals surface area contributed by atoms with Crippen molar-refractivity contribution >= 4 is 29.9 Å². The molecule has 1 aromatic carbocycles. The summed E-state index contributed by atoms with van der Waals surface area (Å²) >= 11 is 0. The first kappa shape index (κ1) is 23.1. The summed E-state index contributed by atoms with van der Waals surface area (Å²) in [5, 5.41) is 6.42.